The molecule has 1 aliphatic carbocycles. The molecule has 0 radical (unpaired) electrons. The van der Waals surface area contributed by atoms with E-state index >= 15 is 0 Å². The second-order valence-electron chi connectivity index (χ2n) is 5.75. The van der Waals surface area contributed by atoms with Gasteiger partial charge in [0.2, 0.25) is 0 Å². The SMILES string of the molecule is CCC1CCCCC1NC(=O)NC(CC)(CC)C(=O)O. The van der Waals surface area contributed by atoms with E-state index < -0.39 is 11.5 Å². The minimum absolute atomic E-state index is 0.175. The fourth-order valence-corrected chi connectivity index (χ4v) is 3.09. The van der Waals surface area contributed by atoms with E-state index in [9.17, 15) is 14.7 Å². The van der Waals surface area contributed by atoms with Gasteiger partial charge in [-0.3, -0.25) is 0 Å². The Morgan fingerprint density at radius 1 is 1.15 bits per heavy atom. The third-order valence-corrected chi connectivity index (χ3v) is 4.72. The van der Waals surface area contributed by atoms with Gasteiger partial charge < -0.3 is 15.7 Å². The van der Waals surface area contributed by atoms with Crippen LogP contribution < -0.4 is 10.6 Å². The maximum atomic E-state index is 12.1. The van der Waals surface area contributed by atoms with Crippen LogP contribution in [0.5, 0.6) is 0 Å². The molecule has 5 nitrogen and oxygen atoms in total. The number of hydrogen-bond donors (Lipinski definition) is 3. The molecule has 5 heteroatoms. The van der Waals surface area contributed by atoms with Crippen molar-refractivity contribution in [1.82, 2.24) is 10.6 Å². The topological polar surface area (TPSA) is 78.4 Å². The lowest BCUT2D eigenvalue weighted by Crippen LogP contribution is -2.58. The summed E-state index contributed by atoms with van der Waals surface area (Å²) in [6, 6.07) is -0.171. The molecule has 1 saturated carbocycles. The lowest BCUT2D eigenvalue weighted by molar-refractivity contribution is -0.144. The van der Waals surface area contributed by atoms with Crippen LogP contribution in [0.1, 0.15) is 65.7 Å². The average Bonchev–Trinajstić information content (AvgIpc) is 2.45. The molecule has 0 aromatic rings. The third kappa shape index (κ3) is 3.87. The summed E-state index contributed by atoms with van der Waals surface area (Å²) in [6.45, 7) is 5.71. The number of carboxylic acid groups (broad SMARTS) is 1. The Hall–Kier alpha value is -1.26. The zero-order valence-electron chi connectivity index (χ0n) is 12.9. The van der Waals surface area contributed by atoms with Crippen molar-refractivity contribution in [3.05, 3.63) is 0 Å². The van der Waals surface area contributed by atoms with Gasteiger partial charge in [0.15, 0.2) is 0 Å². The van der Waals surface area contributed by atoms with Crippen LogP contribution in [-0.4, -0.2) is 28.7 Å². The Bertz CT molecular complexity index is 340. The molecule has 0 aliphatic heterocycles. The molecule has 0 saturated heterocycles. The molecule has 3 N–H and O–H groups in total. The van der Waals surface area contributed by atoms with Crippen LogP contribution in [-0.2, 0) is 4.79 Å². The summed E-state index contributed by atoms with van der Waals surface area (Å²) in [4.78, 5) is 23.5. The van der Waals surface area contributed by atoms with Gasteiger partial charge in [-0.2, -0.15) is 0 Å². The predicted octanol–water partition coefficient (Wildman–Crippen LogP) is 2.90. The largest absolute Gasteiger partial charge is 0.480 e. The van der Waals surface area contributed by atoms with E-state index in [1.165, 1.54) is 6.42 Å². The number of carbonyl (C=O) groups excluding carboxylic acids is 1. The van der Waals surface area contributed by atoms with E-state index in [4.69, 9.17) is 0 Å². The van der Waals surface area contributed by atoms with Crippen molar-refractivity contribution < 1.29 is 14.7 Å². The first-order chi connectivity index (χ1) is 9.49. The summed E-state index contributed by atoms with van der Waals surface area (Å²) in [5, 5.41) is 15.0. The number of rotatable bonds is 6. The Morgan fingerprint density at radius 3 is 2.25 bits per heavy atom. The highest BCUT2D eigenvalue weighted by atomic mass is 16.4. The first-order valence-corrected chi connectivity index (χ1v) is 7.81. The van der Waals surface area contributed by atoms with E-state index in [0.29, 0.717) is 18.8 Å². The van der Waals surface area contributed by atoms with Crippen LogP contribution in [0.15, 0.2) is 0 Å². The van der Waals surface area contributed by atoms with Crippen LogP contribution in [0.2, 0.25) is 0 Å². The molecule has 0 spiro atoms. The van der Waals surface area contributed by atoms with Crippen molar-refractivity contribution in [2.75, 3.05) is 0 Å². The summed E-state index contributed by atoms with van der Waals surface area (Å²) < 4.78 is 0. The molecular formula is C15H28N2O3. The van der Waals surface area contributed by atoms with Gasteiger partial charge in [-0.05, 0) is 31.6 Å². The van der Waals surface area contributed by atoms with Gasteiger partial charge in [0.05, 0.1) is 0 Å². The Morgan fingerprint density at radius 2 is 1.75 bits per heavy atom. The molecule has 0 heterocycles. The number of hydrogen-bond acceptors (Lipinski definition) is 2. The summed E-state index contributed by atoms with van der Waals surface area (Å²) in [6.07, 6.45) is 6.31. The fraction of sp³-hybridized carbons (Fsp3) is 0.867. The standard InChI is InChI=1S/C15H28N2O3/c1-4-11-9-7-8-10-12(11)16-14(20)17-15(5-2,6-3)13(18)19/h11-12H,4-10H2,1-3H3,(H,18,19)(H2,16,17,20). The third-order valence-electron chi connectivity index (χ3n) is 4.72. The second kappa shape index (κ2) is 7.50. The Kier molecular flexibility index (Phi) is 6.30. The molecule has 2 atom stereocenters. The van der Waals surface area contributed by atoms with E-state index in [1.807, 2.05) is 0 Å². The number of aliphatic carboxylic acids is 1. The van der Waals surface area contributed by atoms with Crippen LogP contribution in [0.3, 0.4) is 0 Å². The maximum absolute atomic E-state index is 12.1. The van der Waals surface area contributed by atoms with E-state index in [1.54, 1.807) is 13.8 Å². The first kappa shape index (κ1) is 16.8. The molecule has 1 aliphatic rings. The molecule has 2 unspecified atom stereocenters. The summed E-state index contributed by atoms with van der Waals surface area (Å²) >= 11 is 0. The highest BCUT2D eigenvalue weighted by Crippen LogP contribution is 2.26. The van der Waals surface area contributed by atoms with E-state index in [0.717, 1.165) is 25.7 Å². The average molecular weight is 284 g/mol. The number of carboxylic acids is 1. The highest BCUT2D eigenvalue weighted by molar-refractivity contribution is 5.86. The van der Waals surface area contributed by atoms with Gasteiger partial charge in [0, 0.05) is 6.04 Å². The minimum Gasteiger partial charge on any atom is -0.480 e. The van der Waals surface area contributed by atoms with Gasteiger partial charge in [-0.25, -0.2) is 9.59 Å². The smallest absolute Gasteiger partial charge is 0.329 e. The number of nitrogens with one attached hydrogen (secondary N) is 2. The van der Waals surface area contributed by atoms with Crippen LogP contribution in [0.25, 0.3) is 0 Å². The van der Waals surface area contributed by atoms with Gasteiger partial charge >= 0.3 is 12.0 Å². The summed E-state index contributed by atoms with van der Waals surface area (Å²) in [5.74, 6) is -0.453. The van der Waals surface area contributed by atoms with Gasteiger partial charge in [0.1, 0.15) is 5.54 Å². The van der Waals surface area contributed by atoms with Crippen LogP contribution in [0.4, 0.5) is 4.79 Å². The molecule has 116 valence electrons. The minimum atomic E-state index is -1.15. The van der Waals surface area contributed by atoms with Crippen molar-refractivity contribution >= 4 is 12.0 Å². The Labute approximate surface area is 121 Å². The molecule has 0 aromatic carbocycles. The van der Waals surface area contributed by atoms with Crippen molar-refractivity contribution in [1.29, 1.82) is 0 Å². The van der Waals surface area contributed by atoms with Crippen molar-refractivity contribution in [3.63, 3.8) is 0 Å². The first-order valence-electron chi connectivity index (χ1n) is 7.81. The Balaban J connectivity index is 2.63. The van der Waals surface area contributed by atoms with Gasteiger partial charge in [-0.1, -0.05) is 40.0 Å². The quantitative estimate of drug-likeness (QED) is 0.701. The van der Waals surface area contributed by atoms with Gasteiger partial charge in [0.25, 0.3) is 0 Å². The summed E-state index contributed by atoms with van der Waals surface area (Å²) in [7, 11) is 0. The van der Waals surface area contributed by atoms with Crippen molar-refractivity contribution in [2.45, 2.75) is 77.3 Å². The second-order valence-corrected chi connectivity index (χ2v) is 5.75. The molecule has 2 amide bonds. The van der Waals surface area contributed by atoms with E-state index in [2.05, 4.69) is 17.6 Å². The number of carbonyl (C=O) groups is 2. The molecule has 1 rings (SSSR count). The van der Waals surface area contributed by atoms with Gasteiger partial charge in [-0.15, -0.1) is 0 Å². The molecule has 0 aromatic heterocycles. The highest BCUT2D eigenvalue weighted by Gasteiger charge is 2.37. The molecular weight excluding hydrogens is 256 g/mol. The number of urea groups is 1. The lowest BCUT2D eigenvalue weighted by atomic mass is 9.83. The van der Waals surface area contributed by atoms with Crippen LogP contribution >= 0.6 is 0 Å². The molecule has 20 heavy (non-hydrogen) atoms. The van der Waals surface area contributed by atoms with Crippen molar-refractivity contribution in [3.8, 4) is 0 Å². The van der Waals surface area contributed by atoms with E-state index in [-0.39, 0.29) is 12.1 Å². The molecule has 1 fully saturated rings. The fourth-order valence-electron chi connectivity index (χ4n) is 3.09. The maximum Gasteiger partial charge on any atom is 0.329 e. The summed E-state index contributed by atoms with van der Waals surface area (Å²) in [5.41, 5.74) is -1.15. The van der Waals surface area contributed by atoms with Crippen LogP contribution in [0, 0.1) is 5.92 Å². The van der Waals surface area contributed by atoms with Crippen molar-refractivity contribution in [2.24, 2.45) is 5.92 Å². The number of amides is 2. The molecule has 0 bridgehead atoms. The normalized spacial score (nSPS) is 23.1. The zero-order valence-corrected chi connectivity index (χ0v) is 12.9. The predicted molar refractivity (Wildman–Crippen MR) is 78.7 cm³/mol. The monoisotopic (exact) mass is 284 g/mol. The zero-order chi connectivity index (χ0) is 15.2. The lowest BCUT2D eigenvalue weighted by Gasteiger charge is -2.34.